The Kier molecular flexibility index (Phi) is 4.62. The topological polar surface area (TPSA) is 38.5 Å². The molecule has 0 radical (unpaired) electrons. The van der Waals surface area contributed by atoms with Crippen molar-refractivity contribution in [3.63, 3.8) is 0 Å². The van der Waals surface area contributed by atoms with E-state index in [0.29, 0.717) is 17.1 Å². The molecule has 1 heterocycles. The van der Waals surface area contributed by atoms with E-state index in [1.54, 1.807) is 0 Å². The van der Waals surface area contributed by atoms with E-state index in [-0.39, 0.29) is 5.41 Å². The van der Waals surface area contributed by atoms with Gasteiger partial charge in [-0.3, -0.25) is 4.90 Å². The molecule has 4 heteroatoms. The minimum Gasteiger partial charge on any atom is -0.393 e. The molecule has 1 saturated heterocycles. The molecule has 1 aliphatic carbocycles. The van der Waals surface area contributed by atoms with E-state index in [0.717, 1.165) is 26.1 Å². The molecule has 2 atom stereocenters. The molecule has 1 saturated carbocycles. The maximum absolute atomic E-state index is 5.90. The highest BCUT2D eigenvalue weighted by atomic mass is 32.1. The van der Waals surface area contributed by atoms with Gasteiger partial charge in [-0.25, -0.2) is 0 Å². The van der Waals surface area contributed by atoms with Gasteiger partial charge in [0.2, 0.25) is 0 Å². The molecule has 0 aromatic heterocycles. The van der Waals surface area contributed by atoms with Gasteiger partial charge in [-0.1, -0.05) is 38.9 Å². The Labute approximate surface area is 116 Å². The van der Waals surface area contributed by atoms with Gasteiger partial charge >= 0.3 is 0 Å². The van der Waals surface area contributed by atoms with Gasteiger partial charge < -0.3 is 10.5 Å². The Morgan fingerprint density at radius 2 is 2.11 bits per heavy atom. The van der Waals surface area contributed by atoms with E-state index in [1.165, 1.54) is 25.7 Å². The van der Waals surface area contributed by atoms with Crippen LogP contribution in [-0.2, 0) is 4.74 Å². The van der Waals surface area contributed by atoms with Crippen LogP contribution in [0.5, 0.6) is 0 Å². The Morgan fingerprint density at radius 3 is 2.83 bits per heavy atom. The minimum absolute atomic E-state index is 0.0300. The zero-order valence-corrected chi connectivity index (χ0v) is 12.5. The second-order valence-corrected chi connectivity index (χ2v) is 6.73. The average Bonchev–Trinajstić information content (AvgIpc) is 2.36. The van der Waals surface area contributed by atoms with Crippen LogP contribution < -0.4 is 5.73 Å². The number of ether oxygens (including phenoxy) is 1. The summed E-state index contributed by atoms with van der Waals surface area (Å²) in [4.78, 5) is 3.24. The molecule has 2 N–H and O–H groups in total. The number of hydrogen-bond acceptors (Lipinski definition) is 3. The SMILES string of the molecule is CC(C)(CCN1CCOC2CCCCC21)C(N)=S. The molecular weight excluding hydrogens is 244 g/mol. The average molecular weight is 270 g/mol. The van der Waals surface area contributed by atoms with Crippen molar-refractivity contribution in [2.45, 2.75) is 58.1 Å². The number of morpholine rings is 1. The summed E-state index contributed by atoms with van der Waals surface area (Å²) in [5.74, 6) is 0. The van der Waals surface area contributed by atoms with Gasteiger partial charge in [0.05, 0.1) is 17.7 Å². The smallest absolute Gasteiger partial charge is 0.0784 e. The molecule has 0 amide bonds. The summed E-state index contributed by atoms with van der Waals surface area (Å²) in [6, 6.07) is 0.634. The molecule has 0 aromatic carbocycles. The molecule has 18 heavy (non-hydrogen) atoms. The highest BCUT2D eigenvalue weighted by Gasteiger charge is 2.34. The van der Waals surface area contributed by atoms with Crippen LogP contribution >= 0.6 is 12.2 Å². The third-order valence-electron chi connectivity index (χ3n) is 4.54. The van der Waals surface area contributed by atoms with Gasteiger partial charge in [-0.15, -0.1) is 0 Å². The van der Waals surface area contributed by atoms with Crippen LogP contribution in [0.25, 0.3) is 0 Å². The van der Waals surface area contributed by atoms with E-state index in [2.05, 4.69) is 18.7 Å². The molecule has 0 bridgehead atoms. The van der Waals surface area contributed by atoms with Crippen LogP contribution in [0.15, 0.2) is 0 Å². The van der Waals surface area contributed by atoms with Crippen LogP contribution in [0.1, 0.15) is 46.0 Å². The van der Waals surface area contributed by atoms with Gasteiger partial charge in [0.1, 0.15) is 0 Å². The van der Waals surface area contributed by atoms with Crippen LogP contribution in [0.2, 0.25) is 0 Å². The largest absolute Gasteiger partial charge is 0.393 e. The summed E-state index contributed by atoms with van der Waals surface area (Å²) in [6.45, 7) is 7.33. The van der Waals surface area contributed by atoms with Crippen molar-refractivity contribution in [2.24, 2.45) is 11.1 Å². The van der Waals surface area contributed by atoms with Gasteiger partial charge in [0, 0.05) is 18.0 Å². The highest BCUT2D eigenvalue weighted by Crippen LogP contribution is 2.30. The zero-order chi connectivity index (χ0) is 13.2. The summed E-state index contributed by atoms with van der Waals surface area (Å²) < 4.78 is 5.90. The van der Waals surface area contributed by atoms with Crippen molar-refractivity contribution >= 4 is 17.2 Å². The third-order valence-corrected chi connectivity index (χ3v) is 5.09. The molecule has 1 aliphatic heterocycles. The molecule has 2 unspecified atom stereocenters. The van der Waals surface area contributed by atoms with Gasteiger partial charge in [-0.2, -0.15) is 0 Å². The lowest BCUT2D eigenvalue weighted by Crippen LogP contribution is -2.53. The number of thiocarbonyl (C=S) groups is 1. The standard InChI is InChI=1S/C14H26N2OS/c1-14(2,13(15)18)7-8-16-9-10-17-12-6-4-3-5-11(12)16/h11-12H,3-10H2,1-2H3,(H2,15,18). The third kappa shape index (κ3) is 3.22. The van der Waals surface area contributed by atoms with Gasteiger partial charge in [-0.05, 0) is 25.8 Å². The predicted molar refractivity (Wildman–Crippen MR) is 78.8 cm³/mol. The van der Waals surface area contributed by atoms with Crippen molar-refractivity contribution in [2.75, 3.05) is 19.7 Å². The van der Waals surface area contributed by atoms with Crippen LogP contribution in [0.3, 0.4) is 0 Å². The maximum Gasteiger partial charge on any atom is 0.0784 e. The normalized spacial score (nSPS) is 29.9. The quantitative estimate of drug-likeness (QED) is 0.796. The first-order valence-electron chi connectivity index (χ1n) is 7.16. The van der Waals surface area contributed by atoms with E-state index in [9.17, 15) is 0 Å². The lowest BCUT2D eigenvalue weighted by Gasteiger charge is -2.44. The van der Waals surface area contributed by atoms with Crippen molar-refractivity contribution < 1.29 is 4.74 Å². The molecule has 0 aromatic rings. The number of hydrogen-bond donors (Lipinski definition) is 1. The number of fused-ring (bicyclic) bond motifs is 1. The van der Waals surface area contributed by atoms with Crippen LogP contribution in [-0.4, -0.2) is 41.7 Å². The predicted octanol–water partition coefficient (Wildman–Crippen LogP) is 2.33. The number of nitrogens with zero attached hydrogens (tertiary/aromatic N) is 1. The summed E-state index contributed by atoms with van der Waals surface area (Å²) in [6.07, 6.45) is 6.72. The summed E-state index contributed by atoms with van der Waals surface area (Å²) >= 11 is 5.15. The summed E-state index contributed by atoms with van der Waals surface area (Å²) in [5, 5.41) is 0. The molecule has 2 fully saturated rings. The first-order valence-corrected chi connectivity index (χ1v) is 7.57. The number of rotatable bonds is 4. The lowest BCUT2D eigenvalue weighted by atomic mass is 9.86. The molecular formula is C14H26N2OS. The van der Waals surface area contributed by atoms with Crippen molar-refractivity contribution in [1.29, 1.82) is 0 Å². The molecule has 2 aliphatic rings. The highest BCUT2D eigenvalue weighted by molar-refractivity contribution is 7.80. The first-order chi connectivity index (χ1) is 8.50. The Hall–Kier alpha value is -0.190. The van der Waals surface area contributed by atoms with E-state index < -0.39 is 0 Å². The van der Waals surface area contributed by atoms with Crippen LogP contribution in [0, 0.1) is 5.41 Å². The summed E-state index contributed by atoms with van der Waals surface area (Å²) in [7, 11) is 0. The van der Waals surface area contributed by atoms with E-state index in [1.807, 2.05) is 0 Å². The van der Waals surface area contributed by atoms with E-state index >= 15 is 0 Å². The Balaban J connectivity index is 1.90. The number of nitrogens with two attached hydrogens (primary N) is 1. The fraction of sp³-hybridized carbons (Fsp3) is 0.929. The second-order valence-electron chi connectivity index (χ2n) is 6.30. The second kappa shape index (κ2) is 5.85. The lowest BCUT2D eigenvalue weighted by molar-refractivity contribution is -0.0893. The Morgan fingerprint density at radius 1 is 1.39 bits per heavy atom. The van der Waals surface area contributed by atoms with E-state index in [4.69, 9.17) is 22.7 Å². The Bertz CT molecular complexity index is 304. The molecule has 104 valence electrons. The van der Waals surface area contributed by atoms with Crippen molar-refractivity contribution in [3.8, 4) is 0 Å². The maximum atomic E-state index is 5.90. The monoisotopic (exact) mass is 270 g/mol. The van der Waals surface area contributed by atoms with Gasteiger partial charge in [0.25, 0.3) is 0 Å². The summed E-state index contributed by atoms with van der Waals surface area (Å²) in [5.41, 5.74) is 5.78. The van der Waals surface area contributed by atoms with Crippen molar-refractivity contribution in [3.05, 3.63) is 0 Å². The fourth-order valence-electron chi connectivity index (χ4n) is 3.00. The first kappa shape index (κ1) is 14.2. The van der Waals surface area contributed by atoms with Gasteiger partial charge in [0.15, 0.2) is 0 Å². The molecule has 0 spiro atoms. The van der Waals surface area contributed by atoms with Crippen LogP contribution in [0.4, 0.5) is 0 Å². The minimum atomic E-state index is -0.0300. The zero-order valence-electron chi connectivity index (χ0n) is 11.7. The molecule has 3 nitrogen and oxygen atoms in total. The molecule has 2 rings (SSSR count). The van der Waals surface area contributed by atoms with Crippen molar-refractivity contribution in [1.82, 2.24) is 4.90 Å². The fourth-order valence-corrected chi connectivity index (χ4v) is 3.10.